The summed E-state index contributed by atoms with van der Waals surface area (Å²) in [7, 11) is 0. The van der Waals surface area contributed by atoms with E-state index in [1.54, 1.807) is 30.2 Å². The third-order valence-corrected chi connectivity index (χ3v) is 7.00. The second-order valence-corrected chi connectivity index (χ2v) is 11.0. The van der Waals surface area contributed by atoms with Crippen molar-refractivity contribution >= 4 is 22.9 Å². The van der Waals surface area contributed by atoms with Gasteiger partial charge >= 0.3 is 12.3 Å². The van der Waals surface area contributed by atoms with Gasteiger partial charge in [0.15, 0.2) is 0 Å². The van der Waals surface area contributed by atoms with Crippen LogP contribution in [-0.4, -0.2) is 56.3 Å². The predicted molar refractivity (Wildman–Crippen MR) is 128 cm³/mol. The predicted octanol–water partition coefficient (Wildman–Crippen LogP) is 5.54. The van der Waals surface area contributed by atoms with E-state index in [-0.39, 0.29) is 47.4 Å². The summed E-state index contributed by atoms with van der Waals surface area (Å²) in [5, 5.41) is 9.35. The van der Waals surface area contributed by atoms with Crippen LogP contribution in [0.4, 0.5) is 23.8 Å². The van der Waals surface area contributed by atoms with E-state index in [1.165, 1.54) is 6.33 Å². The monoisotopic (exact) mass is 506 g/mol. The van der Waals surface area contributed by atoms with Crippen LogP contribution in [0.5, 0.6) is 0 Å². The van der Waals surface area contributed by atoms with E-state index in [9.17, 15) is 23.2 Å². The number of hydrogen-bond acceptors (Lipinski definition) is 6. The molecule has 2 aromatic heterocycles. The van der Waals surface area contributed by atoms with Gasteiger partial charge in [0, 0.05) is 43.3 Å². The number of hydrogen-bond donors (Lipinski definition) is 0. The molecule has 2 aromatic rings. The number of fused-ring (bicyclic) bond motifs is 1. The summed E-state index contributed by atoms with van der Waals surface area (Å²) in [6.45, 7) is 9.68. The molecule has 0 radical (unpaired) electrons. The Kier molecular flexibility index (Phi) is 6.84. The van der Waals surface area contributed by atoms with Gasteiger partial charge in [-0.25, -0.2) is 14.8 Å². The number of nitrogens with zero attached hydrogens (tertiary/aromatic N) is 6. The van der Waals surface area contributed by atoms with E-state index >= 15 is 0 Å². The highest BCUT2D eigenvalue weighted by Gasteiger charge is 2.41. The maximum absolute atomic E-state index is 14.3. The molecule has 11 heteroatoms. The first-order valence-corrected chi connectivity index (χ1v) is 12.4. The second-order valence-electron chi connectivity index (χ2n) is 11.0. The number of piperazine rings is 1. The number of halogens is 3. The van der Waals surface area contributed by atoms with Gasteiger partial charge in [0.05, 0.1) is 17.0 Å². The number of ether oxygens (including phenoxy) is 1. The van der Waals surface area contributed by atoms with Crippen molar-refractivity contribution in [3.05, 3.63) is 18.1 Å². The maximum Gasteiger partial charge on any atom is 0.418 e. The summed E-state index contributed by atoms with van der Waals surface area (Å²) in [6.07, 6.45) is 0.132. The largest absolute Gasteiger partial charge is 0.444 e. The molecule has 1 saturated heterocycles. The van der Waals surface area contributed by atoms with Gasteiger partial charge in [-0.3, -0.25) is 0 Å². The zero-order valence-corrected chi connectivity index (χ0v) is 21.3. The molecule has 0 N–H and O–H groups in total. The lowest BCUT2D eigenvalue weighted by molar-refractivity contribution is -0.136. The van der Waals surface area contributed by atoms with Gasteiger partial charge in [-0.15, -0.1) is 0 Å². The maximum atomic E-state index is 14.3. The molecule has 0 bridgehead atoms. The Morgan fingerprint density at radius 2 is 1.86 bits per heavy atom. The lowest BCUT2D eigenvalue weighted by atomic mass is 9.86. The van der Waals surface area contributed by atoms with E-state index < -0.39 is 23.4 Å². The number of carbonyl (C=O) groups excluding carboxylic acids is 1. The van der Waals surface area contributed by atoms with Gasteiger partial charge in [0.2, 0.25) is 0 Å². The topological polar surface area (TPSA) is 87.3 Å². The van der Waals surface area contributed by atoms with Crippen LogP contribution >= 0.6 is 0 Å². The average molecular weight is 507 g/mol. The fourth-order valence-corrected chi connectivity index (χ4v) is 5.31. The highest BCUT2D eigenvalue weighted by molar-refractivity contribution is 5.92. The van der Waals surface area contributed by atoms with Crippen LogP contribution in [0.2, 0.25) is 0 Å². The lowest BCUT2D eigenvalue weighted by Crippen LogP contribution is -2.59. The van der Waals surface area contributed by atoms with Crippen molar-refractivity contribution in [1.82, 2.24) is 19.4 Å². The quantitative estimate of drug-likeness (QED) is 0.532. The summed E-state index contributed by atoms with van der Waals surface area (Å²) < 4.78 is 50.0. The number of aromatic nitrogens is 3. The second kappa shape index (κ2) is 9.45. The first-order valence-electron chi connectivity index (χ1n) is 12.4. The minimum absolute atomic E-state index is 0.0335. The fourth-order valence-electron chi connectivity index (χ4n) is 5.31. The molecule has 2 fully saturated rings. The first kappa shape index (κ1) is 26.0. The Labute approximate surface area is 209 Å². The normalized spacial score (nSPS) is 25.6. The van der Waals surface area contributed by atoms with E-state index in [2.05, 4.69) is 16.0 Å². The van der Waals surface area contributed by atoms with Gasteiger partial charge in [0.25, 0.3) is 0 Å². The molecule has 3 heterocycles. The molecule has 2 aliphatic rings. The molecule has 0 aromatic carbocycles. The van der Waals surface area contributed by atoms with Gasteiger partial charge in [0.1, 0.15) is 23.4 Å². The molecule has 3 unspecified atom stereocenters. The van der Waals surface area contributed by atoms with E-state index in [1.807, 2.05) is 18.7 Å². The molecule has 36 heavy (non-hydrogen) atoms. The number of rotatable bonds is 2. The molecule has 4 rings (SSSR count). The third-order valence-electron chi connectivity index (χ3n) is 7.00. The fraction of sp³-hybridized carbons (Fsp3) is 0.680. The van der Waals surface area contributed by atoms with Crippen molar-refractivity contribution in [3.8, 4) is 6.07 Å². The summed E-state index contributed by atoms with van der Waals surface area (Å²) in [5.41, 5.74) is -1.20. The van der Waals surface area contributed by atoms with Crippen LogP contribution < -0.4 is 4.90 Å². The van der Waals surface area contributed by atoms with Crippen molar-refractivity contribution < 1.29 is 22.7 Å². The molecule has 1 aliphatic carbocycles. The summed E-state index contributed by atoms with van der Waals surface area (Å²) in [5.74, 6) is 0.0283. The average Bonchev–Trinajstić information content (AvgIpc) is 3.20. The SMILES string of the molecule is CC1CN(C(=O)OC(C)(C)C)[C@@H](C)CN1c1ncnc2c1c(C(F)(F)F)cn2C1CCCC(C#N)C1. The summed E-state index contributed by atoms with van der Waals surface area (Å²) in [6, 6.07) is 1.44. The smallest absolute Gasteiger partial charge is 0.418 e. The standard InChI is InChI=1S/C25H33F3N6O2/c1-15-12-33(23(35)36-24(3,4)5)16(2)11-32(15)21-20-19(25(26,27)28)13-34(22(20)31-14-30-21)18-8-6-7-17(9-18)10-29/h13-18H,6-9,11-12H2,1-5H3/t15?,16-,17?,18?/m0/s1. The van der Waals surface area contributed by atoms with E-state index in [0.29, 0.717) is 19.4 Å². The summed E-state index contributed by atoms with van der Waals surface area (Å²) >= 11 is 0. The minimum atomic E-state index is -4.60. The van der Waals surface area contributed by atoms with Crippen LogP contribution in [0.25, 0.3) is 11.0 Å². The molecule has 1 saturated carbocycles. The lowest BCUT2D eigenvalue weighted by Gasteiger charge is -2.44. The number of nitriles is 1. The van der Waals surface area contributed by atoms with E-state index in [4.69, 9.17) is 4.74 Å². The number of anilines is 1. The van der Waals surface area contributed by atoms with E-state index in [0.717, 1.165) is 19.0 Å². The van der Waals surface area contributed by atoms with Crippen molar-refractivity contribution in [2.24, 2.45) is 5.92 Å². The van der Waals surface area contributed by atoms with Crippen LogP contribution in [0.15, 0.2) is 12.5 Å². The Balaban J connectivity index is 1.73. The molecule has 0 spiro atoms. The summed E-state index contributed by atoms with van der Waals surface area (Å²) in [4.78, 5) is 24.8. The third kappa shape index (κ3) is 5.08. The highest BCUT2D eigenvalue weighted by Crippen LogP contribution is 2.43. The Hall–Kier alpha value is -3.03. The zero-order chi connectivity index (χ0) is 26.4. The number of alkyl halides is 3. The zero-order valence-electron chi connectivity index (χ0n) is 21.3. The molecule has 8 nitrogen and oxygen atoms in total. The highest BCUT2D eigenvalue weighted by atomic mass is 19.4. The number of carbonyl (C=O) groups is 1. The van der Waals surface area contributed by atoms with Crippen LogP contribution in [0.1, 0.15) is 71.9 Å². The van der Waals surface area contributed by atoms with Crippen molar-refractivity contribution in [1.29, 1.82) is 5.26 Å². The van der Waals surface area contributed by atoms with Gasteiger partial charge in [-0.05, 0) is 53.9 Å². The molecule has 1 amide bonds. The van der Waals surface area contributed by atoms with Gasteiger partial charge in [-0.2, -0.15) is 18.4 Å². The van der Waals surface area contributed by atoms with Crippen molar-refractivity contribution in [3.63, 3.8) is 0 Å². The first-order chi connectivity index (χ1) is 16.8. The molecular weight excluding hydrogens is 473 g/mol. The minimum Gasteiger partial charge on any atom is -0.444 e. The van der Waals surface area contributed by atoms with Crippen molar-refractivity contribution in [2.75, 3.05) is 18.0 Å². The molecule has 4 atom stereocenters. The van der Waals surface area contributed by atoms with Crippen LogP contribution in [-0.2, 0) is 10.9 Å². The van der Waals surface area contributed by atoms with Crippen LogP contribution in [0, 0.1) is 17.2 Å². The molecular formula is C25H33F3N6O2. The van der Waals surface area contributed by atoms with Gasteiger partial charge in [-0.1, -0.05) is 6.42 Å². The molecule has 1 aliphatic heterocycles. The Bertz CT molecular complexity index is 1170. The van der Waals surface area contributed by atoms with Crippen LogP contribution in [0.3, 0.4) is 0 Å². The number of amides is 1. The Morgan fingerprint density at radius 3 is 2.50 bits per heavy atom. The molecule has 196 valence electrons. The Morgan fingerprint density at radius 1 is 1.14 bits per heavy atom. The van der Waals surface area contributed by atoms with Gasteiger partial charge < -0.3 is 19.1 Å². The van der Waals surface area contributed by atoms with Crippen molar-refractivity contribution in [2.45, 2.75) is 90.2 Å².